The van der Waals surface area contributed by atoms with E-state index >= 15 is 0 Å². The summed E-state index contributed by atoms with van der Waals surface area (Å²) in [7, 11) is 5.34. The van der Waals surface area contributed by atoms with Crippen LogP contribution in [-0.4, -0.2) is 26.2 Å². The van der Waals surface area contributed by atoms with E-state index in [-0.39, 0.29) is 5.75 Å². The van der Waals surface area contributed by atoms with Crippen molar-refractivity contribution >= 4 is 27.2 Å². The highest BCUT2D eigenvalue weighted by atomic mass is 16.3. The molecule has 33 heavy (non-hydrogen) atoms. The van der Waals surface area contributed by atoms with E-state index in [0.29, 0.717) is 5.69 Å². The van der Waals surface area contributed by atoms with Gasteiger partial charge >= 0.3 is 0 Å². The van der Waals surface area contributed by atoms with Crippen molar-refractivity contribution in [3.05, 3.63) is 84.4 Å². The van der Waals surface area contributed by atoms with Crippen LogP contribution < -0.4 is 5.32 Å². The fourth-order valence-corrected chi connectivity index (χ4v) is 2.81. The van der Waals surface area contributed by atoms with Crippen LogP contribution >= 0.6 is 0 Å². The second-order valence-corrected chi connectivity index (χ2v) is 6.97. The summed E-state index contributed by atoms with van der Waals surface area (Å²) < 4.78 is 0. The molecule has 0 aromatic heterocycles. The molecule has 0 aliphatic heterocycles. The van der Waals surface area contributed by atoms with E-state index in [4.69, 9.17) is 0 Å². The van der Waals surface area contributed by atoms with Crippen molar-refractivity contribution in [2.24, 2.45) is 10.2 Å². The molecule has 4 aromatic carbocycles. The fourth-order valence-electron chi connectivity index (χ4n) is 2.81. The quantitative estimate of drug-likeness (QED) is 0.287. The van der Waals surface area contributed by atoms with Crippen molar-refractivity contribution in [2.45, 2.75) is 41.0 Å². The van der Waals surface area contributed by atoms with Crippen molar-refractivity contribution in [3.63, 3.8) is 0 Å². The summed E-state index contributed by atoms with van der Waals surface area (Å²) in [4.78, 5) is 0. The summed E-state index contributed by atoms with van der Waals surface area (Å²) in [5.41, 5.74) is 1.48. The van der Waals surface area contributed by atoms with Gasteiger partial charge in [-0.3, -0.25) is 0 Å². The highest BCUT2D eigenvalue weighted by Gasteiger charge is 2.08. The first-order chi connectivity index (χ1) is 16.0. The molecular weight excluding hydrogens is 406 g/mol. The fraction of sp³-hybridized carbons (Fsp3) is 0.310. The van der Waals surface area contributed by atoms with Gasteiger partial charge < -0.3 is 10.4 Å². The SMILES string of the molecule is CC.CCC.CN=Nc1c(C)cc2ccccc2c1O.CNC.c1ccc2ccccc2c1. The molecule has 0 aliphatic carbocycles. The van der Waals surface area contributed by atoms with Gasteiger partial charge in [0.15, 0.2) is 5.75 Å². The second kappa shape index (κ2) is 18.3. The normalized spacial score (nSPS) is 9.45. The third-order valence-corrected chi connectivity index (χ3v) is 4.04. The summed E-state index contributed by atoms with van der Waals surface area (Å²) in [5.74, 6) is 0.205. The number of phenols is 1. The number of nitrogens with one attached hydrogen (secondary N) is 1. The van der Waals surface area contributed by atoms with Gasteiger partial charge in [0.2, 0.25) is 0 Å². The molecule has 0 amide bonds. The Hall–Kier alpha value is -3.24. The highest BCUT2D eigenvalue weighted by molar-refractivity contribution is 5.93. The maximum absolute atomic E-state index is 10.0. The first-order valence-electron chi connectivity index (χ1n) is 11.6. The first-order valence-corrected chi connectivity index (χ1v) is 11.6. The zero-order chi connectivity index (χ0) is 25.1. The lowest BCUT2D eigenvalue weighted by Crippen LogP contribution is -1.89. The van der Waals surface area contributed by atoms with E-state index < -0.39 is 0 Å². The van der Waals surface area contributed by atoms with Crippen LogP contribution in [-0.2, 0) is 0 Å². The molecule has 4 rings (SSSR count). The van der Waals surface area contributed by atoms with Gasteiger partial charge in [0.25, 0.3) is 0 Å². The number of fused-ring (bicyclic) bond motifs is 2. The largest absolute Gasteiger partial charge is 0.505 e. The number of phenolic OH excluding ortho intramolecular Hbond substituents is 1. The molecule has 4 nitrogen and oxygen atoms in total. The molecule has 0 fully saturated rings. The van der Waals surface area contributed by atoms with Crippen LogP contribution in [0.15, 0.2) is 89.1 Å². The van der Waals surface area contributed by atoms with Gasteiger partial charge in [0.05, 0.1) is 0 Å². The smallest absolute Gasteiger partial charge is 0.151 e. The molecule has 178 valence electrons. The monoisotopic (exact) mass is 447 g/mol. The summed E-state index contributed by atoms with van der Waals surface area (Å²) in [6.07, 6.45) is 1.25. The molecule has 0 saturated carbocycles. The molecule has 0 saturated heterocycles. The number of hydrogen-bond acceptors (Lipinski definition) is 4. The first kappa shape index (κ1) is 29.8. The third kappa shape index (κ3) is 10.3. The lowest BCUT2D eigenvalue weighted by atomic mass is 10.0. The van der Waals surface area contributed by atoms with E-state index in [9.17, 15) is 5.11 Å². The van der Waals surface area contributed by atoms with Crippen molar-refractivity contribution in [3.8, 4) is 5.75 Å². The molecule has 2 N–H and O–H groups in total. The van der Waals surface area contributed by atoms with Crippen LogP contribution in [0.2, 0.25) is 0 Å². The maximum Gasteiger partial charge on any atom is 0.151 e. The summed E-state index contributed by atoms with van der Waals surface area (Å²) in [6, 6.07) is 26.4. The number of nitrogens with zero attached hydrogens (tertiary/aromatic N) is 2. The minimum absolute atomic E-state index is 0.205. The molecule has 0 heterocycles. The molecule has 4 heteroatoms. The maximum atomic E-state index is 10.0. The average Bonchev–Trinajstić information content (AvgIpc) is 2.85. The van der Waals surface area contributed by atoms with Crippen LogP contribution in [0.1, 0.15) is 39.7 Å². The van der Waals surface area contributed by atoms with Gasteiger partial charge in [0.1, 0.15) is 5.69 Å². The van der Waals surface area contributed by atoms with Crippen LogP contribution in [0.5, 0.6) is 5.75 Å². The summed E-state index contributed by atoms with van der Waals surface area (Å²) >= 11 is 0. The zero-order valence-corrected chi connectivity index (χ0v) is 21.6. The Kier molecular flexibility index (Phi) is 16.5. The van der Waals surface area contributed by atoms with Crippen molar-refractivity contribution < 1.29 is 5.11 Å². The molecule has 0 atom stereocenters. The van der Waals surface area contributed by atoms with Crippen LogP contribution in [0.3, 0.4) is 0 Å². The molecule has 0 spiro atoms. The van der Waals surface area contributed by atoms with E-state index in [1.807, 2.05) is 65.2 Å². The van der Waals surface area contributed by atoms with Crippen LogP contribution in [0, 0.1) is 6.92 Å². The second-order valence-electron chi connectivity index (χ2n) is 6.97. The Labute approximate surface area is 200 Å². The van der Waals surface area contributed by atoms with Gasteiger partial charge in [-0.1, -0.05) is 107 Å². The number of aromatic hydroxyl groups is 1. The Bertz CT molecular complexity index is 1010. The van der Waals surface area contributed by atoms with Crippen LogP contribution in [0.4, 0.5) is 5.69 Å². The summed E-state index contributed by atoms with van der Waals surface area (Å²) in [6.45, 7) is 10.2. The topological polar surface area (TPSA) is 57.0 Å². The van der Waals surface area contributed by atoms with Gasteiger partial charge in [-0.25, -0.2) is 0 Å². The van der Waals surface area contributed by atoms with E-state index in [1.165, 1.54) is 17.2 Å². The molecule has 0 aliphatic rings. The highest BCUT2D eigenvalue weighted by Crippen LogP contribution is 2.37. The number of benzene rings is 4. The average molecular weight is 448 g/mol. The Morgan fingerprint density at radius 2 is 1.12 bits per heavy atom. The van der Waals surface area contributed by atoms with Crippen molar-refractivity contribution in [1.82, 2.24) is 5.32 Å². The molecule has 0 bridgehead atoms. The minimum Gasteiger partial charge on any atom is -0.505 e. The van der Waals surface area contributed by atoms with Gasteiger partial charge in [-0.2, -0.15) is 10.2 Å². The number of rotatable bonds is 1. The number of hydrogen-bond donors (Lipinski definition) is 2. The lowest BCUT2D eigenvalue weighted by Gasteiger charge is -2.06. The van der Waals surface area contributed by atoms with E-state index in [0.717, 1.165) is 16.3 Å². The lowest BCUT2D eigenvalue weighted by molar-refractivity contribution is 0.482. The minimum atomic E-state index is 0.205. The zero-order valence-electron chi connectivity index (χ0n) is 21.6. The number of azo groups is 1. The van der Waals surface area contributed by atoms with Crippen molar-refractivity contribution in [1.29, 1.82) is 0 Å². The van der Waals surface area contributed by atoms with E-state index in [1.54, 1.807) is 7.05 Å². The Balaban J connectivity index is 0.000000490. The predicted octanol–water partition coefficient (Wildman–Crippen LogP) is 8.69. The molecule has 0 unspecified atom stereocenters. The molecule has 0 radical (unpaired) electrons. The van der Waals surface area contributed by atoms with Gasteiger partial charge in [-0.05, 0) is 48.8 Å². The Morgan fingerprint density at radius 3 is 1.52 bits per heavy atom. The Morgan fingerprint density at radius 1 is 0.758 bits per heavy atom. The third-order valence-electron chi connectivity index (χ3n) is 4.04. The molecule has 4 aromatic rings. The molecular formula is C29H41N3O. The standard InChI is InChI=1S/C12H12N2O.C10H8.C3H8.C2H7N.C2H6/c1-8-7-9-5-3-4-6-10(9)12(15)11(8)14-13-2;1-2-6-10-8-4-3-7-9(10)5-1;2*1-3-2;1-2/h3-7,15H,1-2H3;1-8H;3H2,1-2H3;3H,1-2H3;1-2H3. The van der Waals surface area contributed by atoms with Gasteiger partial charge in [-0.15, -0.1) is 0 Å². The number of aryl methyl sites for hydroxylation is 1. The summed E-state index contributed by atoms with van der Waals surface area (Å²) in [5, 5.41) is 24.8. The van der Waals surface area contributed by atoms with Crippen molar-refractivity contribution in [2.75, 3.05) is 21.1 Å². The van der Waals surface area contributed by atoms with Crippen LogP contribution in [0.25, 0.3) is 21.5 Å². The van der Waals surface area contributed by atoms with E-state index in [2.05, 4.69) is 77.9 Å². The predicted molar refractivity (Wildman–Crippen MR) is 147 cm³/mol. The van der Waals surface area contributed by atoms with Gasteiger partial charge in [0, 0.05) is 12.4 Å².